The highest BCUT2D eigenvalue weighted by Crippen LogP contribution is 2.19. The number of hydrogen-bond acceptors (Lipinski definition) is 2. The monoisotopic (exact) mass is 237 g/mol. The second-order valence-electron chi connectivity index (χ2n) is 4.33. The van der Waals surface area contributed by atoms with Gasteiger partial charge in [0.1, 0.15) is 5.56 Å². The van der Waals surface area contributed by atoms with Crippen molar-refractivity contribution in [2.24, 2.45) is 0 Å². The van der Waals surface area contributed by atoms with Crippen molar-refractivity contribution in [3.63, 3.8) is 0 Å². The summed E-state index contributed by atoms with van der Waals surface area (Å²) in [7, 11) is 0. The minimum atomic E-state index is -1.14. The Morgan fingerprint density at radius 3 is 2.35 bits per heavy atom. The summed E-state index contributed by atoms with van der Waals surface area (Å²) in [5.74, 6) is -1.10. The first-order valence-corrected chi connectivity index (χ1v) is 5.93. The van der Waals surface area contributed by atoms with Gasteiger partial charge in [0.25, 0.3) is 5.56 Å². The Labute approximate surface area is 101 Å². The molecule has 0 bridgehead atoms. The predicted octanol–water partition coefficient (Wildman–Crippen LogP) is 2.25. The molecule has 1 N–H and O–H groups in total. The summed E-state index contributed by atoms with van der Waals surface area (Å²) in [6.45, 7) is 8.11. The van der Waals surface area contributed by atoms with Gasteiger partial charge >= 0.3 is 5.97 Å². The fourth-order valence-electron chi connectivity index (χ4n) is 2.03. The number of carboxylic acids is 1. The van der Waals surface area contributed by atoms with Crippen LogP contribution in [-0.2, 0) is 13.0 Å². The van der Waals surface area contributed by atoms with Gasteiger partial charge in [-0.2, -0.15) is 0 Å². The van der Waals surface area contributed by atoms with Gasteiger partial charge in [-0.15, -0.1) is 0 Å². The van der Waals surface area contributed by atoms with Crippen molar-refractivity contribution in [3.05, 3.63) is 33.2 Å². The molecule has 0 atom stereocenters. The van der Waals surface area contributed by atoms with Crippen LogP contribution in [0.5, 0.6) is 0 Å². The number of hydrogen-bond donors (Lipinski definition) is 1. The molecule has 17 heavy (non-hydrogen) atoms. The lowest BCUT2D eigenvalue weighted by molar-refractivity contribution is 0.0692. The number of aromatic nitrogens is 1. The quantitative estimate of drug-likeness (QED) is 0.873. The molecule has 1 rings (SSSR count). The average Bonchev–Trinajstić information content (AvgIpc) is 2.26. The third-order valence-corrected chi connectivity index (χ3v) is 2.93. The van der Waals surface area contributed by atoms with Gasteiger partial charge in [-0.3, -0.25) is 4.79 Å². The van der Waals surface area contributed by atoms with E-state index < -0.39 is 5.97 Å². The molecule has 1 heterocycles. The average molecular weight is 237 g/mol. The van der Waals surface area contributed by atoms with Crippen LogP contribution in [-0.4, -0.2) is 15.6 Å². The Balaban J connectivity index is 3.68. The Morgan fingerprint density at radius 2 is 2.00 bits per heavy atom. The van der Waals surface area contributed by atoms with Gasteiger partial charge in [0.2, 0.25) is 0 Å². The van der Waals surface area contributed by atoms with E-state index in [0.717, 1.165) is 12.1 Å². The Morgan fingerprint density at radius 1 is 1.41 bits per heavy atom. The molecular weight excluding hydrogens is 218 g/mol. The molecule has 0 radical (unpaired) electrons. The summed E-state index contributed by atoms with van der Waals surface area (Å²) in [6, 6.07) is 1.85. The topological polar surface area (TPSA) is 59.3 Å². The zero-order valence-electron chi connectivity index (χ0n) is 10.8. The molecule has 0 aromatic carbocycles. The third kappa shape index (κ3) is 2.40. The summed E-state index contributed by atoms with van der Waals surface area (Å²) in [5.41, 5.74) is 1.05. The van der Waals surface area contributed by atoms with Crippen LogP contribution >= 0.6 is 0 Å². The van der Waals surface area contributed by atoms with E-state index in [0.29, 0.717) is 12.1 Å². The molecule has 1 aromatic rings. The summed E-state index contributed by atoms with van der Waals surface area (Å²) in [6.07, 6.45) is 0.725. The molecule has 0 spiro atoms. The maximum absolute atomic E-state index is 12.1. The van der Waals surface area contributed by atoms with Crippen LogP contribution < -0.4 is 5.56 Å². The lowest BCUT2D eigenvalue weighted by Crippen LogP contribution is -2.30. The number of aryl methyl sites for hydroxylation is 1. The summed E-state index contributed by atoms with van der Waals surface area (Å²) >= 11 is 0. The van der Waals surface area contributed by atoms with Crippen LogP contribution in [0.4, 0.5) is 0 Å². The fraction of sp³-hybridized carbons (Fsp3) is 0.538. The Hall–Kier alpha value is -1.58. The first kappa shape index (κ1) is 13.5. The second kappa shape index (κ2) is 5.17. The Kier molecular flexibility index (Phi) is 4.10. The molecule has 0 saturated carbocycles. The summed E-state index contributed by atoms with van der Waals surface area (Å²) in [5, 5.41) is 9.17. The van der Waals surface area contributed by atoms with Gasteiger partial charge in [-0.25, -0.2) is 4.79 Å². The molecule has 0 aliphatic rings. The van der Waals surface area contributed by atoms with E-state index >= 15 is 0 Å². The van der Waals surface area contributed by atoms with E-state index in [-0.39, 0.29) is 17.0 Å². The number of pyridine rings is 1. The SMILES string of the molecule is CCc1cc(C(C)C)c(C(=O)O)c(=O)n1CC. The molecule has 0 fully saturated rings. The van der Waals surface area contributed by atoms with Gasteiger partial charge in [0.05, 0.1) is 0 Å². The molecular formula is C13H19NO3. The molecule has 0 saturated heterocycles. The van der Waals surface area contributed by atoms with Gasteiger partial charge < -0.3 is 9.67 Å². The standard InChI is InChI=1S/C13H19NO3/c1-5-9-7-10(8(3)4)11(13(16)17)12(15)14(9)6-2/h7-8H,5-6H2,1-4H3,(H,16,17). The van der Waals surface area contributed by atoms with E-state index in [1.807, 2.05) is 33.8 Å². The minimum Gasteiger partial charge on any atom is -0.477 e. The molecule has 0 aliphatic carbocycles. The highest BCUT2D eigenvalue weighted by molar-refractivity contribution is 5.89. The van der Waals surface area contributed by atoms with Crippen molar-refractivity contribution in [1.82, 2.24) is 4.57 Å². The number of carbonyl (C=O) groups is 1. The van der Waals surface area contributed by atoms with Crippen LogP contribution in [0.1, 0.15) is 55.2 Å². The van der Waals surface area contributed by atoms with Gasteiger partial charge in [-0.05, 0) is 30.9 Å². The van der Waals surface area contributed by atoms with E-state index in [1.54, 1.807) is 0 Å². The molecule has 94 valence electrons. The molecule has 0 unspecified atom stereocenters. The van der Waals surface area contributed by atoms with Crippen LogP contribution in [0.2, 0.25) is 0 Å². The first-order valence-electron chi connectivity index (χ1n) is 5.93. The van der Waals surface area contributed by atoms with E-state index in [2.05, 4.69) is 0 Å². The van der Waals surface area contributed by atoms with Gasteiger partial charge in [0, 0.05) is 12.2 Å². The highest BCUT2D eigenvalue weighted by atomic mass is 16.4. The lowest BCUT2D eigenvalue weighted by atomic mass is 9.97. The summed E-state index contributed by atoms with van der Waals surface area (Å²) < 4.78 is 1.54. The van der Waals surface area contributed by atoms with E-state index in [1.165, 1.54) is 4.57 Å². The van der Waals surface area contributed by atoms with Crippen LogP contribution in [0.25, 0.3) is 0 Å². The molecule has 0 amide bonds. The molecule has 1 aromatic heterocycles. The predicted molar refractivity (Wildman–Crippen MR) is 66.8 cm³/mol. The van der Waals surface area contributed by atoms with Crippen molar-refractivity contribution in [3.8, 4) is 0 Å². The van der Waals surface area contributed by atoms with Crippen molar-refractivity contribution in [2.45, 2.75) is 46.6 Å². The van der Waals surface area contributed by atoms with Crippen LogP contribution in [0.15, 0.2) is 10.9 Å². The van der Waals surface area contributed by atoms with Crippen molar-refractivity contribution >= 4 is 5.97 Å². The zero-order chi connectivity index (χ0) is 13.2. The first-order chi connectivity index (χ1) is 7.93. The smallest absolute Gasteiger partial charge is 0.341 e. The van der Waals surface area contributed by atoms with E-state index in [9.17, 15) is 9.59 Å². The highest BCUT2D eigenvalue weighted by Gasteiger charge is 2.20. The largest absolute Gasteiger partial charge is 0.477 e. The maximum atomic E-state index is 12.1. The third-order valence-electron chi connectivity index (χ3n) is 2.93. The fourth-order valence-corrected chi connectivity index (χ4v) is 2.03. The lowest BCUT2D eigenvalue weighted by Gasteiger charge is -2.16. The summed E-state index contributed by atoms with van der Waals surface area (Å²) in [4.78, 5) is 23.3. The molecule has 0 aliphatic heterocycles. The van der Waals surface area contributed by atoms with Crippen LogP contribution in [0.3, 0.4) is 0 Å². The van der Waals surface area contributed by atoms with E-state index in [4.69, 9.17) is 5.11 Å². The van der Waals surface area contributed by atoms with Crippen LogP contribution in [0, 0.1) is 0 Å². The maximum Gasteiger partial charge on any atom is 0.341 e. The van der Waals surface area contributed by atoms with Crippen molar-refractivity contribution in [1.29, 1.82) is 0 Å². The number of nitrogens with zero attached hydrogens (tertiary/aromatic N) is 1. The molecule has 4 heteroatoms. The second-order valence-corrected chi connectivity index (χ2v) is 4.33. The number of aromatic carboxylic acids is 1. The van der Waals surface area contributed by atoms with Crippen molar-refractivity contribution in [2.75, 3.05) is 0 Å². The normalized spacial score (nSPS) is 10.9. The Bertz CT molecular complexity index is 486. The number of carboxylic acid groups (broad SMARTS) is 1. The number of rotatable bonds is 4. The molecule has 4 nitrogen and oxygen atoms in total. The van der Waals surface area contributed by atoms with Gasteiger partial charge in [0.15, 0.2) is 0 Å². The van der Waals surface area contributed by atoms with Crippen molar-refractivity contribution < 1.29 is 9.90 Å². The zero-order valence-corrected chi connectivity index (χ0v) is 10.8. The van der Waals surface area contributed by atoms with Gasteiger partial charge in [-0.1, -0.05) is 20.8 Å². The minimum absolute atomic E-state index is 0.0330.